The Kier molecular flexibility index (Phi) is 8.86. The highest BCUT2D eigenvalue weighted by Gasteiger charge is 2.36. The van der Waals surface area contributed by atoms with Gasteiger partial charge in [-0.2, -0.15) is 0 Å². The lowest BCUT2D eigenvalue weighted by Gasteiger charge is -2.18. The molecule has 3 aromatic carbocycles. The van der Waals surface area contributed by atoms with Crippen LogP contribution in [0.3, 0.4) is 0 Å². The van der Waals surface area contributed by atoms with E-state index in [9.17, 15) is 24.5 Å². The molecule has 0 aliphatic carbocycles. The molecule has 11 heteroatoms. The van der Waals surface area contributed by atoms with Crippen molar-refractivity contribution in [2.75, 3.05) is 30.5 Å². The van der Waals surface area contributed by atoms with Gasteiger partial charge in [-0.05, 0) is 60.4 Å². The molecule has 1 N–H and O–H groups in total. The van der Waals surface area contributed by atoms with Crippen molar-refractivity contribution in [3.05, 3.63) is 81.9 Å². The number of carbonyl (C=O) groups is 3. The zero-order chi connectivity index (χ0) is 29.7. The van der Waals surface area contributed by atoms with Gasteiger partial charge in [0.25, 0.3) is 11.6 Å². The number of nitrogens with zero attached hydrogens (tertiary/aromatic N) is 2. The molecule has 0 saturated carbocycles. The third-order valence-electron chi connectivity index (χ3n) is 6.65. The molecule has 1 fully saturated rings. The van der Waals surface area contributed by atoms with Crippen LogP contribution in [-0.2, 0) is 19.1 Å². The summed E-state index contributed by atoms with van der Waals surface area (Å²) in [7, 11) is 1.39. The second-order valence-corrected chi connectivity index (χ2v) is 9.99. The van der Waals surface area contributed by atoms with Gasteiger partial charge in [0.1, 0.15) is 22.9 Å². The molecule has 11 nitrogen and oxygen atoms in total. The predicted octanol–water partition coefficient (Wildman–Crippen LogP) is 5.36. The molecule has 1 aliphatic heterocycles. The first-order chi connectivity index (χ1) is 19.5. The minimum atomic E-state index is -0.765. The van der Waals surface area contributed by atoms with Gasteiger partial charge in [0, 0.05) is 30.8 Å². The fraction of sp³-hybridized carbons (Fsp3) is 0.300. The van der Waals surface area contributed by atoms with Crippen LogP contribution < -0.4 is 19.7 Å². The highest BCUT2D eigenvalue weighted by molar-refractivity contribution is 6.00. The molecular weight excluding hydrogens is 530 g/mol. The van der Waals surface area contributed by atoms with E-state index >= 15 is 0 Å². The summed E-state index contributed by atoms with van der Waals surface area (Å²) in [4.78, 5) is 49.8. The average Bonchev–Trinajstić information content (AvgIpc) is 3.33. The monoisotopic (exact) mass is 561 g/mol. The van der Waals surface area contributed by atoms with Crippen molar-refractivity contribution >= 4 is 34.8 Å². The van der Waals surface area contributed by atoms with Crippen LogP contribution in [-0.4, -0.2) is 43.0 Å². The summed E-state index contributed by atoms with van der Waals surface area (Å²) in [5.74, 6) is -0.504. The largest absolute Gasteiger partial charge is 0.497 e. The second-order valence-electron chi connectivity index (χ2n) is 9.99. The quantitative estimate of drug-likeness (QED) is 0.198. The number of carbonyl (C=O) groups excluding carboxylic acids is 3. The fourth-order valence-corrected chi connectivity index (χ4v) is 4.49. The Hall–Kier alpha value is -4.93. The molecule has 0 spiro atoms. The van der Waals surface area contributed by atoms with Crippen LogP contribution >= 0.6 is 0 Å². The van der Waals surface area contributed by atoms with E-state index in [1.54, 1.807) is 24.3 Å². The van der Waals surface area contributed by atoms with E-state index in [0.717, 1.165) is 16.9 Å². The van der Waals surface area contributed by atoms with Gasteiger partial charge in [0.05, 0.1) is 18.0 Å². The van der Waals surface area contributed by atoms with E-state index in [1.165, 1.54) is 30.2 Å². The van der Waals surface area contributed by atoms with Gasteiger partial charge >= 0.3 is 5.97 Å². The molecule has 0 radical (unpaired) electrons. The zero-order valence-corrected chi connectivity index (χ0v) is 23.2. The van der Waals surface area contributed by atoms with Gasteiger partial charge in [0.2, 0.25) is 5.91 Å². The fourth-order valence-electron chi connectivity index (χ4n) is 4.49. The van der Waals surface area contributed by atoms with E-state index < -0.39 is 29.3 Å². The van der Waals surface area contributed by atoms with Crippen LogP contribution in [0.4, 0.5) is 17.1 Å². The number of methoxy groups -OCH3 is 1. The van der Waals surface area contributed by atoms with Crippen LogP contribution in [0, 0.1) is 23.0 Å². The van der Waals surface area contributed by atoms with Crippen LogP contribution in [0.1, 0.15) is 37.3 Å². The summed E-state index contributed by atoms with van der Waals surface area (Å²) < 4.78 is 16.3. The van der Waals surface area contributed by atoms with E-state index in [4.69, 9.17) is 14.2 Å². The maximum absolute atomic E-state index is 12.7. The number of hydrogen-bond acceptors (Lipinski definition) is 8. The third-order valence-corrected chi connectivity index (χ3v) is 6.65. The number of nitro groups is 1. The molecule has 3 aromatic rings. The normalized spacial score (nSPS) is 14.6. The van der Waals surface area contributed by atoms with Crippen LogP contribution in [0.15, 0.2) is 60.7 Å². The lowest BCUT2D eigenvalue weighted by Crippen LogP contribution is -2.28. The molecular formula is C30H31N3O8. The highest BCUT2D eigenvalue weighted by Crippen LogP contribution is 2.34. The number of benzene rings is 3. The number of nitrogens with one attached hydrogen (secondary N) is 1. The molecule has 2 amide bonds. The lowest BCUT2D eigenvalue weighted by atomic mass is 10.0. The highest BCUT2D eigenvalue weighted by atomic mass is 16.6. The predicted molar refractivity (Wildman–Crippen MR) is 151 cm³/mol. The molecule has 1 aliphatic rings. The van der Waals surface area contributed by atoms with Crippen molar-refractivity contribution in [3.63, 3.8) is 0 Å². The van der Waals surface area contributed by atoms with Crippen molar-refractivity contribution in [2.24, 2.45) is 5.92 Å². The van der Waals surface area contributed by atoms with Gasteiger partial charge in [-0.1, -0.05) is 26.0 Å². The maximum atomic E-state index is 12.7. The van der Waals surface area contributed by atoms with Crippen LogP contribution in [0.25, 0.3) is 0 Å². The molecule has 0 aromatic heterocycles. The maximum Gasteiger partial charge on any atom is 0.311 e. The van der Waals surface area contributed by atoms with Gasteiger partial charge in [-0.3, -0.25) is 24.5 Å². The van der Waals surface area contributed by atoms with Crippen LogP contribution in [0.5, 0.6) is 17.2 Å². The Bertz CT molecular complexity index is 1470. The van der Waals surface area contributed by atoms with Gasteiger partial charge < -0.3 is 24.4 Å². The second kappa shape index (κ2) is 12.5. The van der Waals surface area contributed by atoms with Crippen molar-refractivity contribution in [1.82, 2.24) is 0 Å². The number of esters is 1. The topological polar surface area (TPSA) is 137 Å². The smallest absolute Gasteiger partial charge is 0.311 e. The van der Waals surface area contributed by atoms with Crippen molar-refractivity contribution in [3.8, 4) is 17.2 Å². The number of amides is 2. The molecule has 1 atom stereocenters. The molecule has 41 heavy (non-hydrogen) atoms. The molecule has 1 saturated heterocycles. The van der Waals surface area contributed by atoms with E-state index in [-0.39, 0.29) is 36.2 Å². The summed E-state index contributed by atoms with van der Waals surface area (Å²) in [5.41, 5.74) is 2.35. The van der Waals surface area contributed by atoms with Gasteiger partial charge in [-0.15, -0.1) is 0 Å². The summed E-state index contributed by atoms with van der Waals surface area (Å²) >= 11 is 0. The Morgan fingerprint density at radius 2 is 1.78 bits per heavy atom. The van der Waals surface area contributed by atoms with Gasteiger partial charge in [-0.25, -0.2) is 0 Å². The number of aryl methyl sites for hydroxylation is 1. The first kappa shape index (κ1) is 29.1. The number of hydrogen-bond donors (Lipinski definition) is 1. The molecule has 214 valence electrons. The number of nitro benzene ring substituents is 1. The first-order valence-electron chi connectivity index (χ1n) is 13.0. The molecule has 4 rings (SSSR count). The Morgan fingerprint density at radius 1 is 1.07 bits per heavy atom. The standard InChI is InChI=1S/C30H31N3O8/c1-18(2)24-11-5-19(3)13-27(24)41-22-8-6-21(7-9-22)32-16-20(14-29(32)35)30(36)40-17-28(34)31-25-15-23(39-4)10-12-26(25)33(37)38/h5-13,15,18,20H,14,16-17H2,1-4H3,(H,31,34)/t20-/m1/s1. The average molecular weight is 562 g/mol. The number of ether oxygens (including phenoxy) is 3. The van der Waals surface area contributed by atoms with Crippen molar-refractivity contribution < 1.29 is 33.5 Å². The summed E-state index contributed by atoms with van der Waals surface area (Å²) in [5, 5.41) is 13.6. The Morgan fingerprint density at radius 3 is 2.44 bits per heavy atom. The minimum absolute atomic E-state index is 0.0684. The van der Waals surface area contributed by atoms with E-state index in [1.807, 2.05) is 19.1 Å². The Balaban J connectivity index is 1.34. The lowest BCUT2D eigenvalue weighted by molar-refractivity contribution is -0.383. The SMILES string of the molecule is COc1ccc([N+](=O)[O-])c(NC(=O)COC(=O)[C@@H]2CC(=O)N(c3ccc(Oc4cc(C)ccc4C(C)C)cc3)C2)c1. The molecule has 0 bridgehead atoms. The van der Waals surface area contributed by atoms with Gasteiger partial charge in [0.15, 0.2) is 6.61 Å². The van der Waals surface area contributed by atoms with Crippen LogP contribution in [0.2, 0.25) is 0 Å². The van der Waals surface area contributed by atoms with Crippen molar-refractivity contribution in [1.29, 1.82) is 0 Å². The molecule has 0 unspecified atom stereocenters. The Labute approximate surface area is 237 Å². The third kappa shape index (κ3) is 6.99. The molecule has 1 heterocycles. The first-order valence-corrected chi connectivity index (χ1v) is 13.0. The number of rotatable bonds is 10. The number of anilines is 2. The minimum Gasteiger partial charge on any atom is -0.497 e. The summed E-state index contributed by atoms with van der Waals surface area (Å²) in [6.07, 6.45) is -0.0684. The van der Waals surface area contributed by atoms with E-state index in [2.05, 4.69) is 25.2 Å². The van der Waals surface area contributed by atoms with E-state index in [0.29, 0.717) is 17.2 Å². The summed E-state index contributed by atoms with van der Waals surface area (Å²) in [6, 6.07) is 17.0. The van der Waals surface area contributed by atoms with Crippen molar-refractivity contribution in [2.45, 2.75) is 33.1 Å². The zero-order valence-electron chi connectivity index (χ0n) is 23.2. The summed E-state index contributed by atoms with van der Waals surface area (Å²) in [6.45, 7) is 5.62.